The number of esters is 1. The van der Waals surface area contributed by atoms with Crippen LogP contribution in [0.1, 0.15) is 9.67 Å². The molecule has 0 amide bonds. The summed E-state index contributed by atoms with van der Waals surface area (Å²) in [5.74, 6) is -0.282. The zero-order valence-corrected chi connectivity index (χ0v) is 7.85. The molecule has 1 aliphatic carbocycles. The Bertz CT molecular complexity index is 405. The Balaban J connectivity index is 2.58. The van der Waals surface area contributed by atoms with Crippen LogP contribution in [0.15, 0.2) is 23.6 Å². The van der Waals surface area contributed by atoms with Crippen LogP contribution in [0.5, 0.6) is 0 Å². The van der Waals surface area contributed by atoms with E-state index in [9.17, 15) is 4.79 Å². The molecular formula is C10H7O2S. The fourth-order valence-corrected chi connectivity index (χ4v) is 2.03. The molecule has 0 bridgehead atoms. The molecule has 1 radical (unpaired) electrons. The van der Waals surface area contributed by atoms with Crippen molar-refractivity contribution in [3.8, 4) is 11.1 Å². The standard InChI is InChI=1S/C10H7O2S/c1-12-10(11)9-8-4-2-3-7(8)5-6-13-9/h2,4-6H,1H3. The molecule has 2 aliphatic rings. The summed E-state index contributed by atoms with van der Waals surface area (Å²) in [6.07, 6.45) is 0. The third-order valence-electron chi connectivity index (χ3n) is 1.82. The smallest absolute Gasteiger partial charge is 0.348 e. The first-order valence-electron chi connectivity index (χ1n) is 3.79. The van der Waals surface area contributed by atoms with Crippen molar-refractivity contribution >= 4 is 17.3 Å². The maximum atomic E-state index is 11.3. The predicted molar refractivity (Wildman–Crippen MR) is 51.1 cm³/mol. The van der Waals surface area contributed by atoms with Gasteiger partial charge in [-0.15, -0.1) is 11.3 Å². The average molecular weight is 191 g/mol. The van der Waals surface area contributed by atoms with Crippen LogP contribution in [0.2, 0.25) is 0 Å². The molecule has 2 rings (SSSR count). The van der Waals surface area contributed by atoms with E-state index in [0.29, 0.717) is 4.88 Å². The van der Waals surface area contributed by atoms with Gasteiger partial charge in [-0.2, -0.15) is 0 Å². The second kappa shape index (κ2) is 3.18. The van der Waals surface area contributed by atoms with Crippen LogP contribution < -0.4 is 0 Å². The van der Waals surface area contributed by atoms with Gasteiger partial charge in [-0.05, 0) is 23.1 Å². The van der Waals surface area contributed by atoms with Crippen LogP contribution in [0.3, 0.4) is 0 Å². The van der Waals surface area contributed by atoms with E-state index in [1.165, 1.54) is 18.4 Å². The minimum absolute atomic E-state index is 0.282. The first-order chi connectivity index (χ1) is 6.33. The number of carbonyl (C=O) groups is 1. The van der Waals surface area contributed by atoms with Gasteiger partial charge in [0.15, 0.2) is 0 Å². The SMILES string of the molecule is COC(=O)c1sccc2[c]ccc1-2. The number of hydrogen-bond donors (Lipinski definition) is 0. The van der Waals surface area contributed by atoms with Crippen LogP contribution in [-0.4, -0.2) is 13.1 Å². The van der Waals surface area contributed by atoms with Crippen LogP contribution in [0, 0.1) is 6.07 Å². The third-order valence-corrected chi connectivity index (χ3v) is 2.71. The van der Waals surface area contributed by atoms with Gasteiger partial charge in [-0.3, -0.25) is 0 Å². The van der Waals surface area contributed by atoms with Crippen LogP contribution >= 0.6 is 11.3 Å². The zero-order valence-electron chi connectivity index (χ0n) is 7.03. The van der Waals surface area contributed by atoms with Gasteiger partial charge in [0.25, 0.3) is 0 Å². The lowest BCUT2D eigenvalue weighted by molar-refractivity contribution is 0.0607. The van der Waals surface area contributed by atoms with E-state index >= 15 is 0 Å². The lowest BCUT2D eigenvalue weighted by Crippen LogP contribution is -2.00. The minimum Gasteiger partial charge on any atom is -0.465 e. The Morgan fingerprint density at radius 2 is 2.38 bits per heavy atom. The quantitative estimate of drug-likeness (QED) is 0.647. The molecule has 13 heavy (non-hydrogen) atoms. The van der Waals surface area contributed by atoms with Gasteiger partial charge >= 0.3 is 5.97 Å². The van der Waals surface area contributed by atoms with E-state index in [0.717, 1.165) is 11.1 Å². The number of rotatable bonds is 1. The molecular weight excluding hydrogens is 184 g/mol. The van der Waals surface area contributed by atoms with Crippen molar-refractivity contribution in [3.05, 3.63) is 34.5 Å². The van der Waals surface area contributed by atoms with Gasteiger partial charge in [-0.1, -0.05) is 12.1 Å². The molecule has 2 nitrogen and oxygen atoms in total. The number of methoxy groups -OCH3 is 1. The summed E-state index contributed by atoms with van der Waals surface area (Å²) in [4.78, 5) is 11.9. The molecule has 65 valence electrons. The number of hydrogen-bond acceptors (Lipinski definition) is 3. The topological polar surface area (TPSA) is 26.3 Å². The van der Waals surface area contributed by atoms with Crippen molar-refractivity contribution in [2.45, 2.75) is 0 Å². The summed E-state index contributed by atoms with van der Waals surface area (Å²) in [6.45, 7) is 0. The number of fused-ring (bicyclic) bond motifs is 1. The van der Waals surface area contributed by atoms with Gasteiger partial charge in [0, 0.05) is 5.56 Å². The van der Waals surface area contributed by atoms with Crippen LogP contribution in [-0.2, 0) is 4.74 Å². The Hall–Kier alpha value is -1.35. The fourth-order valence-electron chi connectivity index (χ4n) is 1.20. The monoisotopic (exact) mass is 191 g/mol. The van der Waals surface area contributed by atoms with Gasteiger partial charge in [-0.25, -0.2) is 4.79 Å². The molecule has 0 atom stereocenters. The first kappa shape index (κ1) is 8.26. The second-order valence-corrected chi connectivity index (χ2v) is 3.46. The van der Waals surface area contributed by atoms with Crippen molar-refractivity contribution in [2.24, 2.45) is 0 Å². The van der Waals surface area contributed by atoms with Crippen LogP contribution in [0.4, 0.5) is 0 Å². The molecule has 3 heteroatoms. The lowest BCUT2D eigenvalue weighted by atomic mass is 10.1. The van der Waals surface area contributed by atoms with Crippen molar-refractivity contribution in [3.63, 3.8) is 0 Å². The lowest BCUT2D eigenvalue weighted by Gasteiger charge is -2.03. The highest BCUT2D eigenvalue weighted by Crippen LogP contribution is 2.29. The third kappa shape index (κ3) is 1.31. The van der Waals surface area contributed by atoms with Gasteiger partial charge in [0.05, 0.1) is 7.11 Å². The Labute approximate surface area is 80.1 Å². The van der Waals surface area contributed by atoms with Crippen LogP contribution in [0.25, 0.3) is 11.1 Å². The Morgan fingerprint density at radius 3 is 3.15 bits per heavy atom. The normalized spacial score (nSPS) is 10.2. The fraction of sp³-hybridized carbons (Fsp3) is 0.100. The van der Waals surface area contributed by atoms with Gasteiger partial charge in [0.1, 0.15) is 4.88 Å². The highest BCUT2D eigenvalue weighted by molar-refractivity contribution is 7.12. The molecule has 0 fully saturated rings. The average Bonchev–Trinajstić information content (AvgIpc) is 2.63. The zero-order chi connectivity index (χ0) is 9.26. The van der Waals surface area contributed by atoms with E-state index in [4.69, 9.17) is 0 Å². The molecule has 0 aromatic rings. The van der Waals surface area contributed by atoms with Crippen molar-refractivity contribution in [2.75, 3.05) is 7.11 Å². The molecule has 1 aliphatic heterocycles. The highest BCUT2D eigenvalue weighted by Gasteiger charge is 2.14. The van der Waals surface area contributed by atoms with Crippen molar-refractivity contribution in [1.29, 1.82) is 0 Å². The van der Waals surface area contributed by atoms with Crippen molar-refractivity contribution < 1.29 is 9.53 Å². The predicted octanol–water partition coefficient (Wildman–Crippen LogP) is 2.44. The summed E-state index contributed by atoms with van der Waals surface area (Å²) in [5, 5.41) is 1.87. The minimum atomic E-state index is -0.282. The maximum absolute atomic E-state index is 11.3. The molecule has 0 saturated heterocycles. The highest BCUT2D eigenvalue weighted by atomic mass is 32.1. The summed E-state index contributed by atoms with van der Waals surface area (Å²) < 4.78 is 4.67. The molecule has 0 N–H and O–H groups in total. The summed E-state index contributed by atoms with van der Waals surface area (Å²) in [7, 11) is 1.39. The second-order valence-electron chi connectivity index (χ2n) is 2.55. The van der Waals surface area contributed by atoms with Gasteiger partial charge < -0.3 is 4.74 Å². The van der Waals surface area contributed by atoms with Gasteiger partial charge in [0.2, 0.25) is 0 Å². The largest absolute Gasteiger partial charge is 0.465 e. The van der Waals surface area contributed by atoms with E-state index in [-0.39, 0.29) is 5.97 Å². The molecule has 0 aromatic carbocycles. The molecule has 0 aromatic heterocycles. The summed E-state index contributed by atoms with van der Waals surface area (Å²) in [6, 6.07) is 8.66. The summed E-state index contributed by atoms with van der Waals surface area (Å²) in [5.41, 5.74) is 1.87. The molecule has 0 unspecified atom stereocenters. The van der Waals surface area contributed by atoms with E-state index in [1.54, 1.807) is 0 Å². The van der Waals surface area contributed by atoms with E-state index in [2.05, 4.69) is 10.8 Å². The molecule has 0 saturated carbocycles. The first-order valence-corrected chi connectivity index (χ1v) is 4.67. The molecule has 0 spiro atoms. The number of carbonyl (C=O) groups excluding carboxylic acids is 1. The summed E-state index contributed by atoms with van der Waals surface area (Å²) >= 11 is 1.38. The Kier molecular flexibility index (Phi) is 2.02. The maximum Gasteiger partial charge on any atom is 0.348 e. The number of ether oxygens (including phenoxy) is 1. The van der Waals surface area contributed by atoms with Crippen molar-refractivity contribution in [1.82, 2.24) is 0 Å². The van der Waals surface area contributed by atoms with E-state index < -0.39 is 0 Å². The van der Waals surface area contributed by atoms with E-state index in [1.807, 2.05) is 23.6 Å². The molecule has 1 heterocycles. The Morgan fingerprint density at radius 1 is 1.54 bits per heavy atom.